The maximum atomic E-state index is 5.78. The molecule has 0 aliphatic carbocycles. The lowest BCUT2D eigenvalue weighted by Crippen LogP contribution is -2.20. The van der Waals surface area contributed by atoms with Gasteiger partial charge in [-0.05, 0) is 42.5 Å². The van der Waals surface area contributed by atoms with Crippen LogP contribution in [0.4, 0.5) is 0 Å². The molecule has 0 saturated heterocycles. The van der Waals surface area contributed by atoms with Crippen LogP contribution in [-0.4, -0.2) is 13.2 Å². The van der Waals surface area contributed by atoms with Crippen LogP contribution in [0.25, 0.3) is 0 Å². The Hall–Kier alpha value is -1.32. The van der Waals surface area contributed by atoms with Crippen LogP contribution in [0.5, 0.6) is 5.75 Å². The van der Waals surface area contributed by atoms with Crippen LogP contribution in [-0.2, 0) is 6.54 Å². The highest BCUT2D eigenvalue weighted by Crippen LogP contribution is 2.18. The first-order valence-corrected chi connectivity index (χ1v) is 7.07. The summed E-state index contributed by atoms with van der Waals surface area (Å²) in [6.45, 7) is 6.66. The van der Waals surface area contributed by atoms with E-state index >= 15 is 0 Å². The lowest BCUT2D eigenvalue weighted by atomic mass is 10.1. The molecule has 0 aliphatic heterocycles. The van der Waals surface area contributed by atoms with E-state index in [4.69, 9.17) is 4.74 Å². The van der Waals surface area contributed by atoms with Gasteiger partial charge in [0.1, 0.15) is 12.4 Å². The van der Waals surface area contributed by atoms with Gasteiger partial charge in [0.25, 0.3) is 0 Å². The zero-order valence-corrected chi connectivity index (χ0v) is 11.7. The Balaban J connectivity index is 1.70. The average Bonchev–Trinajstić information content (AvgIpc) is 2.86. The molecule has 0 amide bonds. The number of nitrogens with one attached hydrogen (secondary N) is 1. The summed E-state index contributed by atoms with van der Waals surface area (Å²) >= 11 is 1.78. The fourth-order valence-corrected chi connectivity index (χ4v) is 2.40. The molecule has 0 fully saturated rings. The van der Waals surface area contributed by atoms with E-state index in [1.807, 2.05) is 0 Å². The highest BCUT2D eigenvalue weighted by molar-refractivity contribution is 7.09. The van der Waals surface area contributed by atoms with Crippen molar-refractivity contribution in [2.75, 3.05) is 13.2 Å². The summed E-state index contributed by atoms with van der Waals surface area (Å²) in [4.78, 5) is 1.36. The summed E-state index contributed by atoms with van der Waals surface area (Å²) in [6, 6.07) is 10.5. The van der Waals surface area contributed by atoms with Crippen LogP contribution in [0.1, 0.15) is 16.0 Å². The number of hydrogen-bond acceptors (Lipinski definition) is 3. The second-order valence-electron chi connectivity index (χ2n) is 4.37. The van der Waals surface area contributed by atoms with E-state index in [0.29, 0.717) is 6.61 Å². The standard InChI is InChI=1S/C15H19NOS/c1-12-5-6-13(2)15(10-12)17-8-7-16-11-14-4-3-9-18-14/h3-6,9-10,16H,7-8,11H2,1-2H3. The molecule has 0 bridgehead atoms. The maximum absolute atomic E-state index is 5.78. The molecule has 0 unspecified atom stereocenters. The molecule has 0 radical (unpaired) electrons. The van der Waals surface area contributed by atoms with Gasteiger partial charge in [0.15, 0.2) is 0 Å². The topological polar surface area (TPSA) is 21.3 Å². The van der Waals surface area contributed by atoms with Crippen LogP contribution in [0, 0.1) is 13.8 Å². The largest absolute Gasteiger partial charge is 0.492 e. The monoisotopic (exact) mass is 261 g/mol. The Labute approximate surface area is 113 Å². The average molecular weight is 261 g/mol. The smallest absolute Gasteiger partial charge is 0.122 e. The fraction of sp³-hybridized carbons (Fsp3) is 0.333. The molecular weight excluding hydrogens is 242 g/mol. The fourth-order valence-electron chi connectivity index (χ4n) is 1.72. The minimum Gasteiger partial charge on any atom is -0.492 e. The number of thiophene rings is 1. The molecule has 1 aromatic carbocycles. The van der Waals surface area contributed by atoms with Crippen molar-refractivity contribution in [1.29, 1.82) is 0 Å². The first-order chi connectivity index (χ1) is 8.75. The summed E-state index contributed by atoms with van der Waals surface area (Å²) in [7, 11) is 0. The summed E-state index contributed by atoms with van der Waals surface area (Å²) in [5.41, 5.74) is 2.43. The predicted octanol–water partition coefficient (Wildman–Crippen LogP) is 3.53. The van der Waals surface area contributed by atoms with Crippen LogP contribution in [0.15, 0.2) is 35.7 Å². The van der Waals surface area contributed by atoms with Crippen molar-refractivity contribution in [3.63, 3.8) is 0 Å². The lowest BCUT2D eigenvalue weighted by Gasteiger charge is -2.10. The Morgan fingerprint density at radius 2 is 2.11 bits per heavy atom. The zero-order valence-electron chi connectivity index (χ0n) is 10.9. The van der Waals surface area contributed by atoms with Gasteiger partial charge < -0.3 is 10.1 Å². The molecule has 0 saturated carbocycles. The van der Waals surface area contributed by atoms with Crippen molar-refractivity contribution in [2.24, 2.45) is 0 Å². The summed E-state index contributed by atoms with van der Waals surface area (Å²) in [5.74, 6) is 0.993. The van der Waals surface area contributed by atoms with Gasteiger partial charge >= 0.3 is 0 Å². The van der Waals surface area contributed by atoms with E-state index < -0.39 is 0 Å². The number of rotatable bonds is 6. The first kappa shape index (κ1) is 13.1. The minimum absolute atomic E-state index is 0.704. The number of ether oxygens (including phenoxy) is 1. The number of benzene rings is 1. The molecular formula is C15H19NOS. The van der Waals surface area contributed by atoms with Crippen LogP contribution in [0.3, 0.4) is 0 Å². The number of aryl methyl sites for hydroxylation is 2. The van der Waals surface area contributed by atoms with Crippen molar-refractivity contribution < 1.29 is 4.74 Å². The molecule has 18 heavy (non-hydrogen) atoms. The third kappa shape index (κ3) is 3.86. The van der Waals surface area contributed by atoms with Gasteiger partial charge in [-0.3, -0.25) is 0 Å². The van der Waals surface area contributed by atoms with E-state index in [9.17, 15) is 0 Å². The lowest BCUT2D eigenvalue weighted by molar-refractivity contribution is 0.311. The van der Waals surface area contributed by atoms with Gasteiger partial charge in [0.05, 0.1) is 0 Å². The van der Waals surface area contributed by atoms with E-state index in [2.05, 4.69) is 54.9 Å². The highest BCUT2D eigenvalue weighted by Gasteiger charge is 1.99. The van der Waals surface area contributed by atoms with Crippen LogP contribution in [0.2, 0.25) is 0 Å². The summed E-state index contributed by atoms with van der Waals surface area (Å²) in [5, 5.41) is 5.48. The Bertz CT molecular complexity index is 479. The minimum atomic E-state index is 0.704. The molecule has 2 rings (SSSR count). The molecule has 3 heteroatoms. The van der Waals surface area contributed by atoms with Crippen molar-refractivity contribution in [1.82, 2.24) is 5.32 Å². The summed E-state index contributed by atoms with van der Waals surface area (Å²) in [6.07, 6.45) is 0. The molecule has 1 aromatic heterocycles. The molecule has 2 aromatic rings. The van der Waals surface area contributed by atoms with Crippen molar-refractivity contribution in [2.45, 2.75) is 20.4 Å². The Morgan fingerprint density at radius 1 is 1.22 bits per heavy atom. The van der Waals surface area contributed by atoms with E-state index in [0.717, 1.165) is 18.8 Å². The van der Waals surface area contributed by atoms with Crippen LogP contribution >= 0.6 is 11.3 Å². The van der Waals surface area contributed by atoms with Gasteiger partial charge in [-0.15, -0.1) is 11.3 Å². The third-order valence-corrected chi connectivity index (χ3v) is 3.64. The zero-order chi connectivity index (χ0) is 12.8. The van der Waals surface area contributed by atoms with E-state index in [1.165, 1.54) is 16.0 Å². The SMILES string of the molecule is Cc1ccc(C)c(OCCNCc2cccs2)c1. The van der Waals surface area contributed by atoms with Crippen LogP contribution < -0.4 is 10.1 Å². The van der Waals surface area contributed by atoms with E-state index in [1.54, 1.807) is 11.3 Å². The normalized spacial score (nSPS) is 10.6. The molecule has 96 valence electrons. The van der Waals surface area contributed by atoms with Gasteiger partial charge in [-0.2, -0.15) is 0 Å². The first-order valence-electron chi connectivity index (χ1n) is 6.19. The second kappa shape index (κ2) is 6.57. The molecule has 0 atom stereocenters. The molecule has 2 nitrogen and oxygen atoms in total. The number of hydrogen-bond donors (Lipinski definition) is 1. The molecule has 1 heterocycles. The third-order valence-electron chi connectivity index (χ3n) is 2.76. The molecule has 0 aliphatic rings. The highest BCUT2D eigenvalue weighted by atomic mass is 32.1. The van der Waals surface area contributed by atoms with E-state index in [-0.39, 0.29) is 0 Å². The Morgan fingerprint density at radius 3 is 2.89 bits per heavy atom. The van der Waals surface area contributed by atoms with Gasteiger partial charge in [0, 0.05) is 18.0 Å². The maximum Gasteiger partial charge on any atom is 0.122 e. The van der Waals surface area contributed by atoms with Crippen molar-refractivity contribution in [3.8, 4) is 5.75 Å². The quantitative estimate of drug-likeness (QED) is 0.803. The molecule has 1 N–H and O–H groups in total. The Kier molecular flexibility index (Phi) is 4.79. The summed E-state index contributed by atoms with van der Waals surface area (Å²) < 4.78 is 5.78. The van der Waals surface area contributed by atoms with Crippen molar-refractivity contribution >= 4 is 11.3 Å². The molecule has 0 spiro atoms. The second-order valence-corrected chi connectivity index (χ2v) is 5.41. The van der Waals surface area contributed by atoms with Gasteiger partial charge in [0.2, 0.25) is 0 Å². The van der Waals surface area contributed by atoms with Gasteiger partial charge in [-0.25, -0.2) is 0 Å². The van der Waals surface area contributed by atoms with Crippen molar-refractivity contribution in [3.05, 3.63) is 51.7 Å². The predicted molar refractivity (Wildman–Crippen MR) is 77.4 cm³/mol. The van der Waals surface area contributed by atoms with Gasteiger partial charge in [-0.1, -0.05) is 18.2 Å².